The molecule has 2 aromatic rings. The van der Waals surface area contributed by atoms with Gasteiger partial charge in [0.1, 0.15) is 11.6 Å². The quantitative estimate of drug-likeness (QED) is 0.705. The minimum atomic E-state index is -0.436. The van der Waals surface area contributed by atoms with Gasteiger partial charge in [0.25, 0.3) is 0 Å². The Balaban J connectivity index is 2.53. The summed E-state index contributed by atoms with van der Waals surface area (Å²) in [5.74, 6) is 0.0330. The molecule has 124 valence electrons. The second kappa shape index (κ2) is 7.73. The normalized spacial score (nSPS) is 10.8. The van der Waals surface area contributed by atoms with E-state index in [9.17, 15) is 9.18 Å². The summed E-state index contributed by atoms with van der Waals surface area (Å²) in [6, 6.07) is 4.92. The van der Waals surface area contributed by atoms with Crippen molar-refractivity contribution in [1.29, 1.82) is 0 Å². The van der Waals surface area contributed by atoms with Crippen LogP contribution in [0.4, 0.5) is 4.39 Å². The molecule has 1 heterocycles. The molecule has 0 aliphatic heterocycles. The Labute approximate surface area is 143 Å². The number of ether oxygens (including phenoxy) is 1. The smallest absolute Gasteiger partial charge is 0.356 e. The molecule has 0 atom stereocenters. The Morgan fingerprint density at radius 2 is 2.13 bits per heavy atom. The number of aryl methyl sites for hydroxylation is 2. The van der Waals surface area contributed by atoms with Crippen molar-refractivity contribution in [1.82, 2.24) is 9.55 Å². The first-order valence-electron chi connectivity index (χ1n) is 7.62. The van der Waals surface area contributed by atoms with E-state index >= 15 is 0 Å². The van der Waals surface area contributed by atoms with Crippen molar-refractivity contribution in [3.63, 3.8) is 0 Å². The minimum absolute atomic E-state index is 0.256. The van der Waals surface area contributed by atoms with E-state index in [0.29, 0.717) is 27.8 Å². The molecule has 4 nitrogen and oxygen atoms in total. The van der Waals surface area contributed by atoms with Gasteiger partial charge in [-0.3, -0.25) is 0 Å². The SMILES string of the molecule is CCCc1nc(CC)c(C(=O)OC)n1Cc1ccc(Br)cc1F. The maximum absolute atomic E-state index is 14.2. The lowest BCUT2D eigenvalue weighted by molar-refractivity contribution is 0.0587. The maximum Gasteiger partial charge on any atom is 0.356 e. The van der Waals surface area contributed by atoms with Gasteiger partial charge in [-0.25, -0.2) is 14.2 Å². The number of esters is 1. The molecule has 1 aromatic carbocycles. The summed E-state index contributed by atoms with van der Waals surface area (Å²) in [7, 11) is 1.35. The van der Waals surface area contributed by atoms with Gasteiger partial charge in [0, 0.05) is 16.5 Å². The number of aromatic nitrogens is 2. The van der Waals surface area contributed by atoms with E-state index in [1.54, 1.807) is 16.7 Å². The van der Waals surface area contributed by atoms with Crippen LogP contribution in [0.3, 0.4) is 0 Å². The number of carbonyl (C=O) groups is 1. The number of carbonyl (C=O) groups excluding carboxylic acids is 1. The number of methoxy groups -OCH3 is 1. The van der Waals surface area contributed by atoms with Crippen LogP contribution in [-0.4, -0.2) is 22.6 Å². The molecular formula is C17H20BrFN2O2. The van der Waals surface area contributed by atoms with Crippen molar-refractivity contribution in [2.45, 2.75) is 39.7 Å². The van der Waals surface area contributed by atoms with E-state index in [1.807, 2.05) is 13.8 Å². The molecule has 0 radical (unpaired) electrons. The highest BCUT2D eigenvalue weighted by Crippen LogP contribution is 2.21. The average Bonchev–Trinajstić information content (AvgIpc) is 2.87. The van der Waals surface area contributed by atoms with Gasteiger partial charge in [-0.1, -0.05) is 35.8 Å². The third-order valence-electron chi connectivity index (χ3n) is 3.65. The average molecular weight is 383 g/mol. The van der Waals surface area contributed by atoms with Gasteiger partial charge in [-0.2, -0.15) is 0 Å². The van der Waals surface area contributed by atoms with Crippen molar-refractivity contribution in [2.24, 2.45) is 0 Å². The van der Waals surface area contributed by atoms with Crippen molar-refractivity contribution < 1.29 is 13.9 Å². The predicted molar refractivity (Wildman–Crippen MR) is 90.1 cm³/mol. The van der Waals surface area contributed by atoms with Crippen molar-refractivity contribution >= 4 is 21.9 Å². The monoisotopic (exact) mass is 382 g/mol. The summed E-state index contributed by atoms with van der Waals surface area (Å²) in [5.41, 5.74) is 1.62. The largest absolute Gasteiger partial charge is 0.464 e. The molecule has 0 unspecified atom stereocenters. The topological polar surface area (TPSA) is 44.1 Å². The highest BCUT2D eigenvalue weighted by Gasteiger charge is 2.23. The Bertz CT molecular complexity index is 713. The maximum atomic E-state index is 14.2. The summed E-state index contributed by atoms with van der Waals surface area (Å²) in [4.78, 5) is 16.7. The highest BCUT2D eigenvalue weighted by atomic mass is 79.9. The summed E-state index contributed by atoms with van der Waals surface area (Å²) in [5, 5.41) is 0. The first kappa shape index (κ1) is 17.7. The van der Waals surface area contributed by atoms with Gasteiger partial charge in [0.05, 0.1) is 19.3 Å². The Morgan fingerprint density at radius 1 is 1.39 bits per heavy atom. The fraction of sp³-hybridized carbons (Fsp3) is 0.412. The van der Waals surface area contributed by atoms with Gasteiger partial charge in [-0.05, 0) is 25.0 Å². The van der Waals surface area contributed by atoms with Gasteiger partial charge < -0.3 is 9.30 Å². The summed E-state index contributed by atoms with van der Waals surface area (Å²) in [6.45, 7) is 4.24. The van der Waals surface area contributed by atoms with E-state index in [0.717, 1.165) is 18.7 Å². The van der Waals surface area contributed by atoms with Crippen LogP contribution in [0.2, 0.25) is 0 Å². The number of hydrogen-bond donors (Lipinski definition) is 0. The van der Waals surface area contributed by atoms with Crippen LogP contribution in [0.15, 0.2) is 22.7 Å². The molecule has 0 saturated heterocycles. The Morgan fingerprint density at radius 3 is 2.70 bits per heavy atom. The summed E-state index contributed by atoms with van der Waals surface area (Å²) >= 11 is 3.25. The number of halogens is 2. The van der Waals surface area contributed by atoms with E-state index < -0.39 is 5.97 Å². The standard InChI is InChI=1S/C17H20BrFN2O2/c1-4-6-15-20-14(5-2)16(17(22)23-3)21(15)10-11-7-8-12(18)9-13(11)19/h7-9H,4-6,10H2,1-3H3. The lowest BCUT2D eigenvalue weighted by Gasteiger charge is -2.12. The molecule has 0 bridgehead atoms. The third kappa shape index (κ3) is 3.80. The van der Waals surface area contributed by atoms with Gasteiger partial charge in [0.2, 0.25) is 0 Å². The van der Waals surface area contributed by atoms with Gasteiger partial charge >= 0.3 is 5.97 Å². The van der Waals surface area contributed by atoms with Crippen LogP contribution in [-0.2, 0) is 24.1 Å². The lowest BCUT2D eigenvalue weighted by atomic mass is 10.2. The predicted octanol–water partition coefficient (Wildman–Crippen LogP) is 4.13. The Kier molecular flexibility index (Phi) is 5.93. The van der Waals surface area contributed by atoms with E-state index in [-0.39, 0.29) is 12.4 Å². The number of imidazole rings is 1. The van der Waals surface area contributed by atoms with E-state index in [1.165, 1.54) is 13.2 Å². The van der Waals surface area contributed by atoms with E-state index in [2.05, 4.69) is 20.9 Å². The summed E-state index contributed by atoms with van der Waals surface area (Å²) < 4.78 is 21.5. The highest BCUT2D eigenvalue weighted by molar-refractivity contribution is 9.10. The molecule has 0 aliphatic rings. The molecule has 0 spiro atoms. The van der Waals surface area contributed by atoms with Crippen molar-refractivity contribution in [3.8, 4) is 0 Å². The second-order valence-electron chi connectivity index (χ2n) is 5.24. The van der Waals surface area contributed by atoms with Crippen LogP contribution < -0.4 is 0 Å². The molecule has 1 aromatic heterocycles. The fourth-order valence-electron chi connectivity index (χ4n) is 2.53. The molecule has 0 fully saturated rings. The first-order valence-corrected chi connectivity index (χ1v) is 8.41. The van der Waals surface area contributed by atoms with Gasteiger partial charge in [0.15, 0.2) is 5.69 Å². The molecule has 0 aliphatic carbocycles. The fourth-order valence-corrected chi connectivity index (χ4v) is 2.86. The lowest BCUT2D eigenvalue weighted by Crippen LogP contribution is -2.16. The molecule has 0 N–H and O–H groups in total. The number of hydrogen-bond acceptors (Lipinski definition) is 3. The molecule has 0 amide bonds. The van der Waals surface area contributed by atoms with Crippen molar-refractivity contribution in [3.05, 3.63) is 51.3 Å². The number of benzene rings is 1. The van der Waals surface area contributed by atoms with Crippen LogP contribution in [0.5, 0.6) is 0 Å². The zero-order chi connectivity index (χ0) is 17.0. The van der Waals surface area contributed by atoms with Crippen LogP contribution >= 0.6 is 15.9 Å². The molecular weight excluding hydrogens is 363 g/mol. The molecule has 0 saturated carbocycles. The van der Waals surface area contributed by atoms with Crippen LogP contribution in [0.1, 0.15) is 47.8 Å². The van der Waals surface area contributed by atoms with Crippen LogP contribution in [0, 0.1) is 5.82 Å². The minimum Gasteiger partial charge on any atom is -0.464 e. The van der Waals surface area contributed by atoms with Crippen LogP contribution in [0.25, 0.3) is 0 Å². The molecule has 6 heteroatoms. The zero-order valence-electron chi connectivity index (χ0n) is 13.5. The second-order valence-corrected chi connectivity index (χ2v) is 6.16. The van der Waals surface area contributed by atoms with Crippen molar-refractivity contribution in [2.75, 3.05) is 7.11 Å². The summed E-state index contributed by atoms with van der Waals surface area (Å²) in [6.07, 6.45) is 2.24. The molecule has 2 rings (SSSR count). The first-order chi connectivity index (χ1) is 11.0. The Hall–Kier alpha value is -1.69. The number of nitrogens with zero attached hydrogens (tertiary/aromatic N) is 2. The van der Waals surface area contributed by atoms with E-state index in [4.69, 9.17) is 4.74 Å². The molecule has 23 heavy (non-hydrogen) atoms. The zero-order valence-corrected chi connectivity index (χ0v) is 15.1. The third-order valence-corrected chi connectivity index (χ3v) is 4.14. The van der Waals surface area contributed by atoms with Gasteiger partial charge in [-0.15, -0.1) is 0 Å². The number of rotatable bonds is 6.